The molecule has 0 atom stereocenters. The summed E-state index contributed by atoms with van der Waals surface area (Å²) in [6, 6.07) is 18.2. The Morgan fingerprint density at radius 1 is 1.00 bits per heavy atom. The molecule has 1 amide bonds. The summed E-state index contributed by atoms with van der Waals surface area (Å²) in [6.07, 6.45) is 4.30. The van der Waals surface area contributed by atoms with E-state index in [9.17, 15) is 4.79 Å². The first kappa shape index (κ1) is 17.5. The zero-order valence-electron chi connectivity index (χ0n) is 15.3. The molecule has 0 spiro atoms. The molecule has 0 aromatic heterocycles. The van der Waals surface area contributed by atoms with Gasteiger partial charge in [0.2, 0.25) is 5.91 Å². The number of ether oxygens (including phenoxy) is 1. The zero-order valence-corrected chi connectivity index (χ0v) is 15.3. The maximum Gasteiger partial charge on any atom is 0.230 e. The molecule has 0 aliphatic heterocycles. The van der Waals surface area contributed by atoms with Gasteiger partial charge in [-0.05, 0) is 49.9 Å². The predicted octanol–water partition coefficient (Wildman–Crippen LogP) is 4.56. The molecule has 1 fully saturated rings. The lowest BCUT2D eigenvalue weighted by atomic mass is 9.81. The first-order valence-electron chi connectivity index (χ1n) is 9.01. The Morgan fingerprint density at radius 2 is 1.60 bits per heavy atom. The lowest BCUT2D eigenvalue weighted by molar-refractivity contribution is -0.127. The van der Waals surface area contributed by atoms with Gasteiger partial charge in [0.05, 0.1) is 18.1 Å². The number of benzene rings is 2. The summed E-state index contributed by atoms with van der Waals surface area (Å²) in [5.41, 5.74) is 1.37. The molecule has 1 aliphatic rings. The van der Waals surface area contributed by atoms with E-state index in [2.05, 4.69) is 29.6 Å². The van der Waals surface area contributed by atoms with Crippen molar-refractivity contribution < 1.29 is 9.53 Å². The van der Waals surface area contributed by atoms with Crippen LogP contribution in [0, 0.1) is 0 Å². The van der Waals surface area contributed by atoms with Gasteiger partial charge in [0, 0.05) is 0 Å². The van der Waals surface area contributed by atoms with Gasteiger partial charge in [-0.1, -0.05) is 55.3 Å². The number of methoxy groups -OCH3 is 1. The standard InChI is InChI=1S/C22H27NO2/c1-21(2,17-11-13-19(25-3)14-12-17)20(24)23-22(15-7-8-16-22)18-9-5-4-6-10-18/h4-6,9-14H,7-8,15-16H2,1-3H3,(H,23,24). The van der Waals surface area contributed by atoms with Gasteiger partial charge in [0.25, 0.3) is 0 Å². The second-order valence-corrected chi connectivity index (χ2v) is 7.46. The van der Waals surface area contributed by atoms with E-state index in [0.717, 1.165) is 37.0 Å². The van der Waals surface area contributed by atoms with Gasteiger partial charge in [-0.3, -0.25) is 4.79 Å². The Labute approximate surface area is 150 Å². The summed E-state index contributed by atoms with van der Waals surface area (Å²) < 4.78 is 5.22. The van der Waals surface area contributed by atoms with Crippen molar-refractivity contribution in [2.45, 2.75) is 50.5 Å². The maximum absolute atomic E-state index is 13.2. The molecule has 132 valence electrons. The highest BCUT2D eigenvalue weighted by Gasteiger charge is 2.40. The van der Waals surface area contributed by atoms with Crippen LogP contribution in [0.1, 0.15) is 50.7 Å². The fourth-order valence-corrected chi connectivity index (χ4v) is 3.73. The van der Waals surface area contributed by atoms with Crippen molar-refractivity contribution in [2.24, 2.45) is 0 Å². The molecular weight excluding hydrogens is 310 g/mol. The third-order valence-corrected chi connectivity index (χ3v) is 5.52. The highest BCUT2D eigenvalue weighted by Crippen LogP contribution is 2.40. The Balaban J connectivity index is 1.85. The van der Waals surface area contributed by atoms with Crippen LogP contribution < -0.4 is 10.1 Å². The maximum atomic E-state index is 13.2. The number of carbonyl (C=O) groups is 1. The summed E-state index contributed by atoms with van der Waals surface area (Å²) in [6.45, 7) is 3.97. The SMILES string of the molecule is COc1ccc(C(C)(C)C(=O)NC2(c3ccccc3)CCCC2)cc1. The van der Waals surface area contributed by atoms with Crippen LogP contribution in [0.25, 0.3) is 0 Å². The average molecular weight is 337 g/mol. The number of rotatable bonds is 5. The van der Waals surface area contributed by atoms with E-state index in [1.807, 2.05) is 44.2 Å². The van der Waals surface area contributed by atoms with Crippen molar-refractivity contribution in [3.8, 4) is 5.75 Å². The van der Waals surface area contributed by atoms with Crippen LogP contribution in [-0.4, -0.2) is 13.0 Å². The quantitative estimate of drug-likeness (QED) is 0.868. The number of hydrogen-bond donors (Lipinski definition) is 1. The average Bonchev–Trinajstić information content (AvgIpc) is 3.12. The number of nitrogens with one attached hydrogen (secondary N) is 1. The minimum atomic E-state index is -0.601. The second kappa shape index (κ2) is 6.91. The Hall–Kier alpha value is -2.29. The molecule has 25 heavy (non-hydrogen) atoms. The molecule has 0 unspecified atom stereocenters. The molecule has 2 aromatic carbocycles. The van der Waals surface area contributed by atoms with E-state index >= 15 is 0 Å². The fourth-order valence-electron chi connectivity index (χ4n) is 3.73. The molecule has 2 aromatic rings. The minimum absolute atomic E-state index is 0.0726. The monoisotopic (exact) mass is 337 g/mol. The highest BCUT2D eigenvalue weighted by molar-refractivity contribution is 5.88. The van der Waals surface area contributed by atoms with Crippen molar-refractivity contribution >= 4 is 5.91 Å². The Bertz CT molecular complexity index is 713. The van der Waals surface area contributed by atoms with Gasteiger partial charge in [-0.15, -0.1) is 0 Å². The summed E-state index contributed by atoms with van der Waals surface area (Å²) >= 11 is 0. The zero-order chi connectivity index (χ0) is 17.9. The van der Waals surface area contributed by atoms with Crippen LogP contribution in [0.4, 0.5) is 0 Å². The van der Waals surface area contributed by atoms with E-state index in [-0.39, 0.29) is 11.4 Å². The van der Waals surface area contributed by atoms with E-state index < -0.39 is 5.41 Å². The Morgan fingerprint density at radius 3 is 2.16 bits per heavy atom. The predicted molar refractivity (Wildman–Crippen MR) is 101 cm³/mol. The van der Waals surface area contributed by atoms with Gasteiger partial charge in [-0.2, -0.15) is 0 Å². The molecule has 0 heterocycles. The molecule has 0 radical (unpaired) electrons. The van der Waals surface area contributed by atoms with Crippen LogP contribution in [0.2, 0.25) is 0 Å². The van der Waals surface area contributed by atoms with Crippen molar-refractivity contribution in [2.75, 3.05) is 7.11 Å². The highest BCUT2D eigenvalue weighted by atomic mass is 16.5. The molecule has 3 nitrogen and oxygen atoms in total. The Kier molecular flexibility index (Phi) is 4.85. The summed E-state index contributed by atoms with van der Waals surface area (Å²) in [5, 5.41) is 3.41. The van der Waals surface area contributed by atoms with Crippen LogP contribution >= 0.6 is 0 Å². The molecule has 3 rings (SSSR count). The fraction of sp³-hybridized carbons (Fsp3) is 0.409. The van der Waals surface area contributed by atoms with E-state index in [4.69, 9.17) is 4.74 Å². The van der Waals surface area contributed by atoms with E-state index in [1.165, 1.54) is 5.56 Å². The van der Waals surface area contributed by atoms with Gasteiger partial charge in [-0.25, -0.2) is 0 Å². The topological polar surface area (TPSA) is 38.3 Å². The third-order valence-electron chi connectivity index (χ3n) is 5.52. The van der Waals surface area contributed by atoms with E-state index in [0.29, 0.717) is 0 Å². The smallest absolute Gasteiger partial charge is 0.230 e. The molecule has 1 aliphatic carbocycles. The van der Waals surface area contributed by atoms with Gasteiger partial charge in [0.15, 0.2) is 0 Å². The van der Waals surface area contributed by atoms with Gasteiger partial charge >= 0.3 is 0 Å². The second-order valence-electron chi connectivity index (χ2n) is 7.46. The largest absolute Gasteiger partial charge is 0.497 e. The molecule has 1 N–H and O–H groups in total. The molecule has 0 saturated heterocycles. The molecule has 0 bridgehead atoms. The number of amides is 1. The van der Waals surface area contributed by atoms with Crippen LogP contribution in [0.3, 0.4) is 0 Å². The lowest BCUT2D eigenvalue weighted by Crippen LogP contribution is -2.50. The summed E-state index contributed by atoms with van der Waals surface area (Å²) in [4.78, 5) is 13.2. The molecule has 3 heteroatoms. The number of hydrogen-bond acceptors (Lipinski definition) is 2. The van der Waals surface area contributed by atoms with Crippen LogP contribution in [0.5, 0.6) is 5.75 Å². The van der Waals surface area contributed by atoms with Crippen LogP contribution in [0.15, 0.2) is 54.6 Å². The van der Waals surface area contributed by atoms with Gasteiger partial charge < -0.3 is 10.1 Å². The normalized spacial score (nSPS) is 16.4. The van der Waals surface area contributed by atoms with Crippen molar-refractivity contribution in [3.05, 3.63) is 65.7 Å². The third kappa shape index (κ3) is 3.41. The minimum Gasteiger partial charge on any atom is -0.497 e. The van der Waals surface area contributed by atoms with Crippen LogP contribution in [-0.2, 0) is 15.7 Å². The first-order valence-corrected chi connectivity index (χ1v) is 9.01. The van der Waals surface area contributed by atoms with Crippen molar-refractivity contribution in [3.63, 3.8) is 0 Å². The van der Waals surface area contributed by atoms with Crippen molar-refractivity contribution in [1.82, 2.24) is 5.32 Å². The van der Waals surface area contributed by atoms with Crippen molar-refractivity contribution in [1.29, 1.82) is 0 Å². The summed E-state index contributed by atoms with van der Waals surface area (Å²) in [5.74, 6) is 0.875. The van der Waals surface area contributed by atoms with E-state index in [1.54, 1.807) is 7.11 Å². The molecular formula is C22H27NO2. The molecule has 1 saturated carbocycles. The number of carbonyl (C=O) groups excluding carboxylic acids is 1. The van der Waals surface area contributed by atoms with Gasteiger partial charge in [0.1, 0.15) is 5.75 Å². The first-order chi connectivity index (χ1) is 12.0. The lowest BCUT2D eigenvalue weighted by Gasteiger charge is -2.35. The summed E-state index contributed by atoms with van der Waals surface area (Å²) in [7, 11) is 1.65.